The van der Waals surface area contributed by atoms with Crippen molar-refractivity contribution in [1.29, 1.82) is 0 Å². The van der Waals surface area contributed by atoms with E-state index in [0.29, 0.717) is 11.4 Å². The zero-order valence-electron chi connectivity index (χ0n) is 12.7. The predicted octanol–water partition coefficient (Wildman–Crippen LogP) is 3.03. The highest BCUT2D eigenvalue weighted by molar-refractivity contribution is 7.80. The molecule has 1 aliphatic rings. The maximum atomic E-state index is 12.4. The zero-order chi connectivity index (χ0) is 15.3. The number of benzene rings is 1. The molecule has 2 rings (SSSR count). The fraction of sp³-hybridized carbons (Fsp3) is 0.529. The first kappa shape index (κ1) is 16.0. The number of hydrogen-bond donors (Lipinski definition) is 2. The van der Waals surface area contributed by atoms with E-state index in [1.54, 1.807) is 0 Å². The van der Waals surface area contributed by atoms with Crippen LogP contribution in [0.5, 0.6) is 0 Å². The highest BCUT2D eigenvalue weighted by Gasteiger charge is 2.35. The van der Waals surface area contributed by atoms with Crippen molar-refractivity contribution in [3.05, 3.63) is 35.4 Å². The zero-order valence-corrected chi connectivity index (χ0v) is 13.5. The Kier molecular flexibility index (Phi) is 5.34. The number of hydrogen-bond acceptors (Lipinski definition) is 2. The molecule has 1 aromatic carbocycles. The number of nitrogens with two attached hydrogens (primary N) is 1. The number of aryl methyl sites for hydroxylation is 1. The Labute approximate surface area is 132 Å². The molecule has 0 heterocycles. The van der Waals surface area contributed by atoms with Gasteiger partial charge in [-0.15, -0.1) is 0 Å². The van der Waals surface area contributed by atoms with Gasteiger partial charge in [-0.05, 0) is 25.3 Å². The first-order valence-corrected chi connectivity index (χ1v) is 8.09. The average molecular weight is 304 g/mol. The van der Waals surface area contributed by atoms with Crippen LogP contribution in [0, 0.1) is 6.92 Å². The molecule has 3 nitrogen and oxygen atoms in total. The number of carbonyl (C=O) groups excluding carboxylic acids is 1. The fourth-order valence-corrected chi connectivity index (χ4v) is 3.22. The van der Waals surface area contributed by atoms with Gasteiger partial charge >= 0.3 is 0 Å². The highest BCUT2D eigenvalue weighted by atomic mass is 32.1. The minimum atomic E-state index is -0.479. The maximum absolute atomic E-state index is 12.4. The second-order valence-electron chi connectivity index (χ2n) is 6.07. The topological polar surface area (TPSA) is 55.1 Å². The molecule has 0 saturated heterocycles. The molecule has 114 valence electrons. The largest absolute Gasteiger partial charge is 0.391 e. The summed E-state index contributed by atoms with van der Waals surface area (Å²) >= 11 is 5.25. The number of amides is 1. The summed E-state index contributed by atoms with van der Waals surface area (Å²) in [4.78, 5) is 12.8. The molecule has 3 N–H and O–H groups in total. The van der Waals surface area contributed by atoms with Gasteiger partial charge in [-0.1, -0.05) is 67.7 Å². The van der Waals surface area contributed by atoms with E-state index in [1.807, 2.05) is 31.2 Å². The highest BCUT2D eigenvalue weighted by Crippen LogP contribution is 2.27. The van der Waals surface area contributed by atoms with E-state index in [-0.39, 0.29) is 5.91 Å². The first-order chi connectivity index (χ1) is 10.0. The third-order valence-electron chi connectivity index (χ3n) is 4.29. The molecule has 0 bridgehead atoms. The lowest BCUT2D eigenvalue weighted by Crippen LogP contribution is -2.56. The molecule has 0 aliphatic heterocycles. The summed E-state index contributed by atoms with van der Waals surface area (Å²) < 4.78 is 0. The smallest absolute Gasteiger partial charge is 0.225 e. The third kappa shape index (κ3) is 4.27. The van der Waals surface area contributed by atoms with Crippen molar-refractivity contribution in [2.24, 2.45) is 5.73 Å². The van der Waals surface area contributed by atoms with Crippen molar-refractivity contribution in [1.82, 2.24) is 5.32 Å². The Bertz CT molecular complexity index is 502. The second-order valence-corrected chi connectivity index (χ2v) is 6.51. The van der Waals surface area contributed by atoms with Crippen molar-refractivity contribution in [3.8, 4) is 0 Å². The van der Waals surface area contributed by atoms with Crippen LogP contribution in [0.25, 0.3) is 0 Å². The van der Waals surface area contributed by atoms with Gasteiger partial charge in [0.25, 0.3) is 0 Å². The van der Waals surface area contributed by atoms with Gasteiger partial charge in [-0.25, -0.2) is 0 Å². The van der Waals surface area contributed by atoms with Gasteiger partial charge in [0.05, 0.1) is 16.9 Å². The Morgan fingerprint density at radius 2 is 1.76 bits per heavy atom. The second kappa shape index (κ2) is 7.03. The molecular formula is C17H24N2OS. The molecule has 1 fully saturated rings. The number of carbonyl (C=O) groups is 1. The van der Waals surface area contributed by atoms with Crippen LogP contribution in [0.15, 0.2) is 24.3 Å². The van der Waals surface area contributed by atoms with E-state index in [1.165, 1.54) is 18.4 Å². The molecule has 1 saturated carbocycles. The van der Waals surface area contributed by atoms with E-state index in [0.717, 1.165) is 31.2 Å². The van der Waals surface area contributed by atoms with Crippen molar-refractivity contribution in [3.63, 3.8) is 0 Å². The SMILES string of the molecule is Cc1ccc(CC(=O)NC2(C(N)=S)CCCCCC2)cc1. The molecule has 0 unspecified atom stereocenters. The minimum absolute atomic E-state index is 0.00792. The summed E-state index contributed by atoms with van der Waals surface area (Å²) in [5.41, 5.74) is 7.69. The van der Waals surface area contributed by atoms with Gasteiger partial charge in [-0.3, -0.25) is 4.79 Å². The van der Waals surface area contributed by atoms with Crippen LogP contribution >= 0.6 is 12.2 Å². The molecule has 0 aromatic heterocycles. The van der Waals surface area contributed by atoms with Crippen LogP contribution in [0.2, 0.25) is 0 Å². The number of nitrogens with one attached hydrogen (secondary N) is 1. The van der Waals surface area contributed by atoms with Crippen molar-refractivity contribution >= 4 is 23.1 Å². The molecule has 4 heteroatoms. The molecule has 21 heavy (non-hydrogen) atoms. The van der Waals surface area contributed by atoms with Crippen LogP contribution in [0.3, 0.4) is 0 Å². The van der Waals surface area contributed by atoms with Crippen molar-refractivity contribution in [2.75, 3.05) is 0 Å². The standard InChI is InChI=1S/C17H24N2OS/c1-13-6-8-14(9-7-13)12-15(20)19-17(16(18)21)10-4-2-3-5-11-17/h6-9H,2-5,10-12H2,1H3,(H2,18,21)(H,19,20). The molecule has 0 spiro atoms. The van der Waals surface area contributed by atoms with Gasteiger partial charge in [0.15, 0.2) is 0 Å². The van der Waals surface area contributed by atoms with Gasteiger partial charge in [0.2, 0.25) is 5.91 Å². The molecule has 1 aliphatic carbocycles. The van der Waals surface area contributed by atoms with Crippen molar-refractivity contribution < 1.29 is 4.79 Å². The van der Waals surface area contributed by atoms with Gasteiger partial charge in [0, 0.05) is 0 Å². The third-order valence-corrected chi connectivity index (χ3v) is 4.68. The van der Waals surface area contributed by atoms with Gasteiger partial charge in [-0.2, -0.15) is 0 Å². The normalized spacial score (nSPS) is 17.8. The molecule has 0 radical (unpaired) electrons. The fourth-order valence-electron chi connectivity index (χ4n) is 2.97. The maximum Gasteiger partial charge on any atom is 0.225 e. The van der Waals surface area contributed by atoms with Gasteiger partial charge in [0.1, 0.15) is 0 Å². The minimum Gasteiger partial charge on any atom is -0.391 e. The Morgan fingerprint density at radius 1 is 1.19 bits per heavy atom. The van der Waals surface area contributed by atoms with Gasteiger partial charge < -0.3 is 11.1 Å². The molecule has 1 aromatic rings. The molecule has 0 atom stereocenters. The molecular weight excluding hydrogens is 280 g/mol. The Morgan fingerprint density at radius 3 is 2.29 bits per heavy atom. The monoisotopic (exact) mass is 304 g/mol. The summed E-state index contributed by atoms with van der Waals surface area (Å²) in [7, 11) is 0. The average Bonchev–Trinajstić information content (AvgIpc) is 2.68. The number of thiocarbonyl (C=S) groups is 1. The lowest BCUT2D eigenvalue weighted by molar-refractivity contribution is -0.121. The quantitative estimate of drug-likeness (QED) is 0.664. The van der Waals surface area contributed by atoms with Crippen molar-refractivity contribution in [2.45, 2.75) is 57.4 Å². The lowest BCUT2D eigenvalue weighted by atomic mass is 9.89. The summed E-state index contributed by atoms with van der Waals surface area (Å²) in [5, 5.41) is 3.13. The van der Waals surface area contributed by atoms with E-state index in [4.69, 9.17) is 18.0 Å². The van der Waals surface area contributed by atoms with E-state index >= 15 is 0 Å². The van der Waals surface area contributed by atoms with E-state index in [2.05, 4.69) is 5.32 Å². The summed E-state index contributed by atoms with van der Waals surface area (Å²) in [6.07, 6.45) is 6.63. The van der Waals surface area contributed by atoms with Crippen LogP contribution < -0.4 is 11.1 Å². The number of rotatable bonds is 4. The summed E-state index contributed by atoms with van der Waals surface area (Å²) in [6.45, 7) is 2.04. The van der Waals surface area contributed by atoms with Crippen LogP contribution in [0.4, 0.5) is 0 Å². The summed E-state index contributed by atoms with van der Waals surface area (Å²) in [5.74, 6) is 0.00792. The van der Waals surface area contributed by atoms with E-state index < -0.39 is 5.54 Å². The first-order valence-electron chi connectivity index (χ1n) is 7.68. The van der Waals surface area contributed by atoms with Crippen LogP contribution in [0.1, 0.15) is 49.7 Å². The Balaban J connectivity index is 2.04. The van der Waals surface area contributed by atoms with E-state index in [9.17, 15) is 4.79 Å². The predicted molar refractivity (Wildman–Crippen MR) is 90.2 cm³/mol. The molecule has 1 amide bonds. The Hall–Kier alpha value is -1.42. The van der Waals surface area contributed by atoms with Crippen LogP contribution in [-0.2, 0) is 11.2 Å². The lowest BCUT2D eigenvalue weighted by Gasteiger charge is -2.33. The van der Waals surface area contributed by atoms with Crippen LogP contribution in [-0.4, -0.2) is 16.4 Å². The summed E-state index contributed by atoms with van der Waals surface area (Å²) in [6, 6.07) is 8.04.